The summed E-state index contributed by atoms with van der Waals surface area (Å²) in [4.78, 5) is 18.9. The number of aromatic nitrogens is 2. The predicted octanol–water partition coefficient (Wildman–Crippen LogP) is 2.39. The Morgan fingerprint density at radius 2 is 1.77 bits per heavy atom. The van der Waals surface area contributed by atoms with Crippen molar-refractivity contribution in [3.63, 3.8) is 0 Å². The van der Waals surface area contributed by atoms with E-state index in [1.54, 1.807) is 12.1 Å². The Morgan fingerprint density at radius 3 is 2.31 bits per heavy atom. The third-order valence-corrected chi connectivity index (χ3v) is 6.71. The van der Waals surface area contributed by atoms with E-state index in [0.29, 0.717) is 40.2 Å². The van der Waals surface area contributed by atoms with Gasteiger partial charge in [0.1, 0.15) is 12.4 Å². The molecule has 206 valence electrons. The zero-order valence-electron chi connectivity index (χ0n) is 20.5. The number of carbonyl (C=O) groups is 1. The van der Waals surface area contributed by atoms with Crippen molar-refractivity contribution >= 4 is 33.4 Å². The quantitative estimate of drug-likeness (QED) is 0.345. The Hall–Kier alpha value is -4.71. The highest BCUT2D eigenvalue weighted by Gasteiger charge is 2.50. The number of anilines is 3. The van der Waals surface area contributed by atoms with Crippen molar-refractivity contribution in [2.24, 2.45) is 0 Å². The van der Waals surface area contributed by atoms with E-state index >= 15 is 0 Å². The number of rotatable bonds is 8. The summed E-state index contributed by atoms with van der Waals surface area (Å²) in [6.07, 6.45) is 1.80. The first-order chi connectivity index (χ1) is 18.3. The molecule has 15 heteroatoms. The second kappa shape index (κ2) is 11.4. The van der Waals surface area contributed by atoms with Gasteiger partial charge in [0, 0.05) is 23.7 Å². The Morgan fingerprint density at radius 1 is 1.10 bits per heavy atom. The monoisotopic (exact) mass is 565 g/mol. The molecular weight excluding hydrogens is 543 g/mol. The third kappa shape index (κ3) is 6.60. The molecule has 0 saturated carbocycles. The normalized spacial score (nSPS) is 11.3. The number of halogens is 3. The van der Waals surface area contributed by atoms with Crippen LogP contribution in [-0.4, -0.2) is 55.7 Å². The summed E-state index contributed by atoms with van der Waals surface area (Å²) in [7, 11) is -3.09. The number of carboxylic acid groups (broad SMARTS) is 1. The van der Waals surface area contributed by atoms with Crippen LogP contribution >= 0.6 is 0 Å². The van der Waals surface area contributed by atoms with Crippen LogP contribution < -0.4 is 25.2 Å². The topological polar surface area (TPSA) is 171 Å². The molecule has 39 heavy (non-hydrogen) atoms. The van der Waals surface area contributed by atoms with Gasteiger partial charge in [0.15, 0.2) is 11.5 Å². The van der Waals surface area contributed by atoms with Crippen LogP contribution in [0, 0.1) is 11.8 Å². The molecule has 0 unspecified atom stereocenters. The van der Waals surface area contributed by atoms with Crippen molar-refractivity contribution in [1.29, 1.82) is 0 Å². The standard InChI is InChI=1S/C24H22F3N5O6S/c1-37-19-11-15(10-17-12-30-23(29)31-22(17)28)9-16(21(19)38-2)6-3-14-4-7-18(8-5-14)32(13-20(33)34)39(35,36)24(25,26)27/h4-5,7-9,11-12H,10,13H2,1-2H3,(H,33,34)(H4,28,29,30,31). The number of nitrogens with two attached hydrogens (primary N) is 2. The van der Waals surface area contributed by atoms with Gasteiger partial charge in [-0.05, 0) is 42.0 Å². The van der Waals surface area contributed by atoms with Gasteiger partial charge in [0.25, 0.3) is 0 Å². The molecule has 3 aromatic rings. The molecule has 0 atom stereocenters. The maximum absolute atomic E-state index is 13.1. The van der Waals surface area contributed by atoms with Gasteiger partial charge in [-0.25, -0.2) is 4.98 Å². The number of sulfonamides is 1. The van der Waals surface area contributed by atoms with E-state index in [1.807, 2.05) is 0 Å². The molecule has 2 aromatic carbocycles. The van der Waals surface area contributed by atoms with Crippen molar-refractivity contribution in [2.45, 2.75) is 11.9 Å². The number of carboxylic acids is 1. The number of ether oxygens (including phenoxy) is 2. The van der Waals surface area contributed by atoms with E-state index in [9.17, 15) is 26.4 Å². The number of benzene rings is 2. The van der Waals surface area contributed by atoms with E-state index in [4.69, 9.17) is 26.0 Å². The number of nitrogens with zero attached hydrogens (tertiary/aromatic N) is 3. The van der Waals surface area contributed by atoms with Crippen LogP contribution in [0.3, 0.4) is 0 Å². The summed E-state index contributed by atoms with van der Waals surface area (Å²) in [5.41, 5.74) is 7.30. The molecule has 0 amide bonds. The minimum Gasteiger partial charge on any atom is -0.493 e. The molecule has 0 aliphatic carbocycles. The molecule has 1 aromatic heterocycles. The molecule has 0 saturated heterocycles. The predicted molar refractivity (Wildman–Crippen MR) is 136 cm³/mol. The second-order valence-corrected chi connectivity index (χ2v) is 9.70. The highest BCUT2D eigenvalue weighted by Crippen LogP contribution is 2.34. The number of hydrogen-bond donors (Lipinski definition) is 3. The van der Waals surface area contributed by atoms with E-state index in [2.05, 4.69) is 21.8 Å². The largest absolute Gasteiger partial charge is 0.516 e. The van der Waals surface area contributed by atoms with Crippen LogP contribution in [0.2, 0.25) is 0 Å². The molecule has 1 heterocycles. The van der Waals surface area contributed by atoms with Crippen molar-refractivity contribution in [3.05, 3.63) is 64.8 Å². The van der Waals surface area contributed by atoms with Gasteiger partial charge < -0.3 is 26.0 Å². The van der Waals surface area contributed by atoms with Crippen LogP contribution in [-0.2, 0) is 21.2 Å². The van der Waals surface area contributed by atoms with Crippen LogP contribution in [0.1, 0.15) is 22.3 Å². The summed E-state index contributed by atoms with van der Waals surface area (Å²) in [5.74, 6) is 4.86. The van der Waals surface area contributed by atoms with Crippen LogP contribution in [0.15, 0.2) is 42.6 Å². The summed E-state index contributed by atoms with van der Waals surface area (Å²) in [6, 6.07) is 7.98. The summed E-state index contributed by atoms with van der Waals surface area (Å²) >= 11 is 0. The first-order valence-electron chi connectivity index (χ1n) is 10.8. The van der Waals surface area contributed by atoms with Crippen LogP contribution in [0.25, 0.3) is 0 Å². The lowest BCUT2D eigenvalue weighted by atomic mass is 10.0. The first kappa shape index (κ1) is 28.9. The van der Waals surface area contributed by atoms with E-state index in [1.165, 1.54) is 32.5 Å². The Bertz CT molecular complexity index is 1550. The molecule has 0 radical (unpaired) electrons. The minimum absolute atomic E-state index is 0.0308. The fraction of sp³-hybridized carbons (Fsp3) is 0.208. The summed E-state index contributed by atoms with van der Waals surface area (Å²) < 4.78 is 73.5. The van der Waals surface area contributed by atoms with Gasteiger partial charge in [-0.3, -0.25) is 9.10 Å². The molecule has 3 rings (SSSR count). The zero-order valence-corrected chi connectivity index (χ0v) is 21.3. The highest BCUT2D eigenvalue weighted by molar-refractivity contribution is 7.93. The first-order valence-corrected chi connectivity index (χ1v) is 12.3. The van der Waals surface area contributed by atoms with Gasteiger partial charge in [-0.1, -0.05) is 11.8 Å². The molecule has 0 spiro atoms. The third-order valence-electron chi connectivity index (χ3n) is 5.21. The van der Waals surface area contributed by atoms with Gasteiger partial charge in [-0.15, -0.1) is 0 Å². The van der Waals surface area contributed by atoms with Gasteiger partial charge in [-0.2, -0.15) is 26.6 Å². The van der Waals surface area contributed by atoms with Crippen molar-refractivity contribution in [1.82, 2.24) is 9.97 Å². The maximum atomic E-state index is 13.1. The molecule has 11 nitrogen and oxygen atoms in total. The molecule has 0 fully saturated rings. The number of aliphatic carboxylic acids is 1. The SMILES string of the molecule is COc1cc(Cc2cnc(N)nc2N)cc(C#Cc2ccc(N(CC(=O)O)S(=O)(=O)C(F)(F)F)cc2)c1OC. The average Bonchev–Trinajstić information content (AvgIpc) is 2.86. The van der Waals surface area contributed by atoms with Crippen LogP contribution in [0.4, 0.5) is 30.6 Å². The van der Waals surface area contributed by atoms with Gasteiger partial charge in [0.05, 0.1) is 25.5 Å². The number of hydrogen-bond acceptors (Lipinski definition) is 9. The van der Waals surface area contributed by atoms with Gasteiger partial charge in [0.2, 0.25) is 5.95 Å². The lowest BCUT2D eigenvalue weighted by Gasteiger charge is -2.23. The highest BCUT2D eigenvalue weighted by atomic mass is 32.2. The van der Waals surface area contributed by atoms with Gasteiger partial charge >= 0.3 is 21.5 Å². The average molecular weight is 566 g/mol. The molecule has 0 bridgehead atoms. The Kier molecular flexibility index (Phi) is 8.40. The number of nitrogen functional groups attached to an aromatic ring is 2. The Labute approximate surface area is 221 Å². The lowest BCUT2D eigenvalue weighted by molar-refractivity contribution is -0.135. The number of methoxy groups -OCH3 is 2. The summed E-state index contributed by atoms with van der Waals surface area (Å²) in [6.45, 7) is -1.42. The maximum Gasteiger partial charge on any atom is 0.516 e. The second-order valence-electron chi connectivity index (χ2n) is 7.84. The van der Waals surface area contributed by atoms with Crippen molar-refractivity contribution < 1.29 is 41.0 Å². The van der Waals surface area contributed by atoms with Crippen molar-refractivity contribution in [3.8, 4) is 23.3 Å². The van der Waals surface area contributed by atoms with Crippen molar-refractivity contribution in [2.75, 3.05) is 36.5 Å². The molecular formula is C24H22F3N5O6S. The fourth-order valence-corrected chi connectivity index (χ4v) is 4.35. The molecule has 0 aliphatic rings. The number of alkyl halides is 3. The molecule has 5 N–H and O–H groups in total. The molecule has 0 aliphatic heterocycles. The van der Waals surface area contributed by atoms with E-state index in [-0.39, 0.29) is 16.1 Å². The van der Waals surface area contributed by atoms with Crippen LogP contribution in [0.5, 0.6) is 11.5 Å². The van der Waals surface area contributed by atoms with E-state index in [0.717, 1.165) is 12.1 Å². The van der Waals surface area contributed by atoms with E-state index < -0.39 is 33.7 Å². The Balaban J connectivity index is 1.98. The smallest absolute Gasteiger partial charge is 0.493 e. The summed E-state index contributed by atoms with van der Waals surface area (Å²) in [5, 5.41) is 8.94. The lowest BCUT2D eigenvalue weighted by Crippen LogP contribution is -2.43. The minimum atomic E-state index is -5.95. The zero-order chi connectivity index (χ0) is 29.0. The fourth-order valence-electron chi connectivity index (χ4n) is 3.42.